The Kier molecular flexibility index (Phi) is 3.89. The first kappa shape index (κ1) is 14.9. The average Bonchev–Trinajstić information content (AvgIpc) is 2.96. The van der Waals surface area contributed by atoms with E-state index in [1.54, 1.807) is 4.90 Å². The summed E-state index contributed by atoms with van der Waals surface area (Å²) >= 11 is 0. The van der Waals surface area contributed by atoms with Gasteiger partial charge in [-0.05, 0) is 23.8 Å². The van der Waals surface area contributed by atoms with E-state index in [4.69, 9.17) is 10.2 Å². The first-order valence-electron chi connectivity index (χ1n) is 7.23. The Bertz CT molecular complexity index is 827. The summed E-state index contributed by atoms with van der Waals surface area (Å²) in [4.78, 5) is 18.0. The van der Waals surface area contributed by atoms with Gasteiger partial charge >= 0.3 is 0 Å². The number of nitrogens with zero attached hydrogens (tertiary/aromatic N) is 2. The Morgan fingerprint density at radius 1 is 1.22 bits per heavy atom. The van der Waals surface area contributed by atoms with Crippen LogP contribution in [-0.2, 0) is 4.79 Å². The van der Waals surface area contributed by atoms with Crippen molar-refractivity contribution >= 4 is 28.7 Å². The Hall–Kier alpha value is -3.02. The SMILES string of the molecule is CN(C)c1nc2cc(NC(C(N)=O)c3ccccc3)ccc2o1. The molecule has 1 unspecified atom stereocenters. The molecule has 0 aliphatic heterocycles. The maximum absolute atomic E-state index is 11.8. The van der Waals surface area contributed by atoms with Crippen molar-refractivity contribution in [1.82, 2.24) is 4.98 Å². The van der Waals surface area contributed by atoms with E-state index in [9.17, 15) is 4.79 Å². The third-order valence-electron chi connectivity index (χ3n) is 3.49. The molecule has 6 nitrogen and oxygen atoms in total. The largest absolute Gasteiger partial charge is 0.423 e. The van der Waals surface area contributed by atoms with Gasteiger partial charge in [-0.3, -0.25) is 4.79 Å². The van der Waals surface area contributed by atoms with E-state index in [1.807, 2.05) is 62.6 Å². The highest BCUT2D eigenvalue weighted by atomic mass is 16.4. The van der Waals surface area contributed by atoms with Crippen molar-refractivity contribution < 1.29 is 9.21 Å². The van der Waals surface area contributed by atoms with Crippen molar-refractivity contribution in [2.75, 3.05) is 24.3 Å². The van der Waals surface area contributed by atoms with Gasteiger partial charge in [0.15, 0.2) is 5.58 Å². The predicted octanol–water partition coefficient (Wildman–Crippen LogP) is 2.53. The maximum atomic E-state index is 11.8. The smallest absolute Gasteiger partial charge is 0.297 e. The molecule has 118 valence electrons. The number of carbonyl (C=O) groups is 1. The molecule has 0 bridgehead atoms. The third-order valence-corrected chi connectivity index (χ3v) is 3.49. The summed E-state index contributed by atoms with van der Waals surface area (Å²) < 4.78 is 5.62. The summed E-state index contributed by atoms with van der Waals surface area (Å²) in [6.07, 6.45) is 0. The van der Waals surface area contributed by atoms with Crippen molar-refractivity contribution in [1.29, 1.82) is 0 Å². The van der Waals surface area contributed by atoms with E-state index in [2.05, 4.69) is 10.3 Å². The number of fused-ring (bicyclic) bond motifs is 1. The van der Waals surface area contributed by atoms with Crippen LogP contribution in [0.1, 0.15) is 11.6 Å². The lowest BCUT2D eigenvalue weighted by Gasteiger charge is -2.17. The minimum absolute atomic E-state index is 0.439. The summed E-state index contributed by atoms with van der Waals surface area (Å²) in [5.41, 5.74) is 8.51. The second-order valence-corrected chi connectivity index (χ2v) is 5.46. The predicted molar refractivity (Wildman–Crippen MR) is 90.3 cm³/mol. The molecule has 1 amide bonds. The number of oxazole rings is 1. The fourth-order valence-corrected chi connectivity index (χ4v) is 2.33. The van der Waals surface area contributed by atoms with Crippen LogP contribution >= 0.6 is 0 Å². The number of rotatable bonds is 5. The van der Waals surface area contributed by atoms with Gasteiger partial charge in [0.05, 0.1) is 0 Å². The molecular formula is C17H18N4O2. The van der Waals surface area contributed by atoms with E-state index in [1.165, 1.54) is 0 Å². The number of primary amides is 1. The Morgan fingerprint density at radius 3 is 2.61 bits per heavy atom. The molecule has 0 aliphatic carbocycles. The van der Waals surface area contributed by atoms with Crippen LogP contribution in [-0.4, -0.2) is 25.0 Å². The molecule has 3 aromatic rings. The molecule has 3 rings (SSSR count). The first-order valence-corrected chi connectivity index (χ1v) is 7.23. The highest BCUT2D eigenvalue weighted by Crippen LogP contribution is 2.26. The van der Waals surface area contributed by atoms with Crippen molar-refractivity contribution in [3.05, 3.63) is 54.1 Å². The fraction of sp³-hybridized carbons (Fsp3) is 0.176. The molecule has 1 aromatic heterocycles. The number of hydrogen-bond acceptors (Lipinski definition) is 5. The zero-order valence-electron chi connectivity index (χ0n) is 13.0. The molecule has 0 aliphatic rings. The highest BCUT2D eigenvalue weighted by molar-refractivity contribution is 5.86. The van der Waals surface area contributed by atoms with Crippen LogP contribution in [0.3, 0.4) is 0 Å². The summed E-state index contributed by atoms with van der Waals surface area (Å²) in [7, 11) is 3.73. The fourth-order valence-electron chi connectivity index (χ4n) is 2.33. The summed E-state index contributed by atoms with van der Waals surface area (Å²) in [6.45, 7) is 0. The lowest BCUT2D eigenvalue weighted by molar-refractivity contribution is -0.118. The van der Waals surface area contributed by atoms with Crippen LogP contribution < -0.4 is 16.0 Å². The molecule has 0 fully saturated rings. The van der Waals surface area contributed by atoms with Crippen LogP contribution in [0, 0.1) is 0 Å². The summed E-state index contributed by atoms with van der Waals surface area (Å²) in [6, 6.07) is 14.8. The second-order valence-electron chi connectivity index (χ2n) is 5.46. The van der Waals surface area contributed by atoms with E-state index < -0.39 is 11.9 Å². The van der Waals surface area contributed by atoms with Crippen LogP contribution in [0.15, 0.2) is 52.9 Å². The zero-order chi connectivity index (χ0) is 16.4. The van der Waals surface area contributed by atoms with Gasteiger partial charge in [-0.2, -0.15) is 4.98 Å². The van der Waals surface area contributed by atoms with Crippen molar-refractivity contribution in [3.8, 4) is 0 Å². The number of anilines is 2. The van der Waals surface area contributed by atoms with Crippen molar-refractivity contribution in [2.24, 2.45) is 5.73 Å². The van der Waals surface area contributed by atoms with Gasteiger partial charge in [-0.15, -0.1) is 0 Å². The zero-order valence-corrected chi connectivity index (χ0v) is 13.0. The topological polar surface area (TPSA) is 84.4 Å². The molecule has 2 aromatic carbocycles. The molecule has 3 N–H and O–H groups in total. The molecule has 1 heterocycles. The van der Waals surface area contributed by atoms with Gasteiger partial charge in [0.1, 0.15) is 11.6 Å². The lowest BCUT2D eigenvalue weighted by atomic mass is 10.1. The summed E-state index contributed by atoms with van der Waals surface area (Å²) in [5, 5.41) is 3.16. The van der Waals surface area contributed by atoms with E-state index >= 15 is 0 Å². The number of carbonyl (C=O) groups excluding carboxylic acids is 1. The molecule has 1 atom stereocenters. The van der Waals surface area contributed by atoms with Gasteiger partial charge < -0.3 is 20.4 Å². The first-order chi connectivity index (χ1) is 11.0. The Balaban J connectivity index is 1.91. The molecular weight excluding hydrogens is 292 g/mol. The third kappa shape index (κ3) is 3.11. The summed E-state index contributed by atoms with van der Waals surface area (Å²) in [5.74, 6) is -0.439. The van der Waals surface area contributed by atoms with Crippen LogP contribution in [0.2, 0.25) is 0 Å². The monoisotopic (exact) mass is 310 g/mol. The molecule has 0 saturated heterocycles. The molecule has 6 heteroatoms. The van der Waals surface area contributed by atoms with Crippen molar-refractivity contribution in [2.45, 2.75) is 6.04 Å². The van der Waals surface area contributed by atoms with E-state index in [0.717, 1.165) is 16.8 Å². The van der Waals surface area contributed by atoms with Gasteiger partial charge in [-0.1, -0.05) is 30.3 Å². The van der Waals surface area contributed by atoms with Gasteiger partial charge in [0.2, 0.25) is 5.91 Å². The van der Waals surface area contributed by atoms with Crippen LogP contribution in [0.4, 0.5) is 11.7 Å². The quantitative estimate of drug-likeness (QED) is 0.756. The minimum atomic E-state index is -0.603. The standard InChI is InChI=1S/C17H18N4O2/c1-21(2)17-20-13-10-12(8-9-14(13)23-17)19-15(16(18)22)11-6-4-3-5-7-11/h3-10,15,19H,1-2H3,(H2,18,22). The highest BCUT2D eigenvalue weighted by Gasteiger charge is 2.18. The lowest BCUT2D eigenvalue weighted by Crippen LogP contribution is -2.27. The minimum Gasteiger partial charge on any atom is -0.423 e. The van der Waals surface area contributed by atoms with Crippen LogP contribution in [0.5, 0.6) is 0 Å². The Morgan fingerprint density at radius 2 is 1.96 bits per heavy atom. The van der Waals surface area contributed by atoms with Gasteiger partial charge in [-0.25, -0.2) is 0 Å². The van der Waals surface area contributed by atoms with Gasteiger partial charge in [0.25, 0.3) is 6.01 Å². The maximum Gasteiger partial charge on any atom is 0.297 e. The number of amides is 1. The number of aromatic nitrogens is 1. The number of benzene rings is 2. The molecule has 0 radical (unpaired) electrons. The van der Waals surface area contributed by atoms with E-state index in [-0.39, 0.29) is 0 Å². The number of nitrogens with one attached hydrogen (secondary N) is 1. The number of nitrogens with two attached hydrogens (primary N) is 1. The molecule has 23 heavy (non-hydrogen) atoms. The normalized spacial score (nSPS) is 12.1. The number of hydrogen-bond donors (Lipinski definition) is 2. The van der Waals surface area contributed by atoms with Crippen LogP contribution in [0.25, 0.3) is 11.1 Å². The van der Waals surface area contributed by atoms with Crippen molar-refractivity contribution in [3.63, 3.8) is 0 Å². The van der Waals surface area contributed by atoms with Gasteiger partial charge in [0, 0.05) is 19.8 Å². The Labute approximate surface area is 133 Å². The second kappa shape index (κ2) is 6.00. The van der Waals surface area contributed by atoms with E-state index in [0.29, 0.717) is 11.6 Å². The average molecular weight is 310 g/mol. The molecule has 0 saturated carbocycles. The molecule has 0 spiro atoms.